The Hall–Kier alpha value is -3.35. The Morgan fingerprint density at radius 3 is 2.00 bits per heavy atom. The highest BCUT2D eigenvalue weighted by molar-refractivity contribution is 6.06. The smallest absolute Gasteiger partial charge is 0.411 e. The lowest BCUT2D eigenvalue weighted by Crippen LogP contribution is -2.50. The predicted octanol–water partition coefficient (Wildman–Crippen LogP) is 3.30. The Morgan fingerprint density at radius 1 is 1.04 bits per heavy atom. The highest BCUT2D eigenvalue weighted by Gasteiger charge is 2.43. The van der Waals surface area contributed by atoms with Gasteiger partial charge >= 0.3 is 12.1 Å². The number of oxime groups is 1. The maximum atomic E-state index is 12.7. The molecule has 0 fully saturated rings. The number of carbonyl (C=O) groups is 2. The molecule has 140 valence electrons. The fraction of sp³-hybridized carbons (Fsp3) is 0.250. The van der Waals surface area contributed by atoms with Gasteiger partial charge in [-0.1, -0.05) is 53.7 Å². The summed E-state index contributed by atoms with van der Waals surface area (Å²) in [6, 6.07) is 13.3. The molecule has 1 atom stereocenters. The standard InChI is InChI=1S/C20H20N2O5/c1-12(21-27-3)17(19(23)24)22(20(25)26-2)18-15-10-6-4-8-13(15)14-9-5-7-11-16(14)18/h4-11,17-18H,1-3H3,(H,23,24)/t17-/m0/s1. The van der Waals surface area contributed by atoms with Crippen molar-refractivity contribution < 1.29 is 24.3 Å². The number of ether oxygens (including phenoxy) is 1. The molecule has 0 aliphatic heterocycles. The number of rotatable bonds is 5. The normalized spacial score (nSPS) is 14.1. The minimum absolute atomic E-state index is 0.136. The molecule has 1 N–H and O–H groups in total. The summed E-state index contributed by atoms with van der Waals surface area (Å²) >= 11 is 0. The van der Waals surface area contributed by atoms with E-state index in [4.69, 9.17) is 9.57 Å². The van der Waals surface area contributed by atoms with Crippen molar-refractivity contribution in [2.75, 3.05) is 14.2 Å². The van der Waals surface area contributed by atoms with E-state index in [0.29, 0.717) is 0 Å². The van der Waals surface area contributed by atoms with E-state index in [1.54, 1.807) is 0 Å². The van der Waals surface area contributed by atoms with Gasteiger partial charge in [-0.05, 0) is 29.2 Å². The van der Waals surface area contributed by atoms with Gasteiger partial charge in [0.25, 0.3) is 0 Å². The highest BCUT2D eigenvalue weighted by atomic mass is 16.6. The summed E-state index contributed by atoms with van der Waals surface area (Å²) in [6.45, 7) is 1.50. The molecule has 0 bridgehead atoms. The lowest BCUT2D eigenvalue weighted by molar-refractivity contribution is -0.140. The second-order valence-corrected chi connectivity index (χ2v) is 6.11. The number of carboxylic acid groups (broad SMARTS) is 1. The molecule has 0 radical (unpaired) electrons. The molecule has 1 amide bonds. The van der Waals surface area contributed by atoms with Gasteiger partial charge in [-0.2, -0.15) is 0 Å². The molecule has 7 nitrogen and oxygen atoms in total. The summed E-state index contributed by atoms with van der Waals surface area (Å²) in [5.74, 6) is -1.22. The quantitative estimate of drug-likeness (QED) is 0.646. The van der Waals surface area contributed by atoms with E-state index in [1.807, 2.05) is 48.5 Å². The SMILES string of the molecule is CON=C(C)[C@@H](C(=O)O)N(C(=O)OC)C1c2ccccc2-c2ccccc21. The van der Waals surface area contributed by atoms with Crippen molar-refractivity contribution in [2.24, 2.45) is 5.16 Å². The Kier molecular flexibility index (Phi) is 5.12. The molecule has 2 aromatic carbocycles. The Balaban J connectivity index is 2.23. The summed E-state index contributed by atoms with van der Waals surface area (Å²) in [7, 11) is 2.55. The number of aliphatic carboxylic acids is 1. The Labute approximate surface area is 156 Å². The van der Waals surface area contributed by atoms with Crippen LogP contribution in [-0.2, 0) is 14.4 Å². The van der Waals surface area contributed by atoms with Crippen LogP contribution in [0, 0.1) is 0 Å². The van der Waals surface area contributed by atoms with E-state index in [-0.39, 0.29) is 5.71 Å². The summed E-state index contributed by atoms with van der Waals surface area (Å²) in [6.07, 6.45) is -0.760. The maximum Gasteiger partial charge on any atom is 0.411 e. The van der Waals surface area contributed by atoms with Gasteiger partial charge in [-0.25, -0.2) is 9.59 Å². The van der Waals surface area contributed by atoms with Crippen molar-refractivity contribution in [1.82, 2.24) is 4.90 Å². The first-order valence-corrected chi connectivity index (χ1v) is 8.36. The van der Waals surface area contributed by atoms with Crippen LogP contribution in [0.25, 0.3) is 11.1 Å². The average Bonchev–Trinajstić information content (AvgIpc) is 2.99. The monoisotopic (exact) mass is 368 g/mol. The molecule has 2 aromatic rings. The Bertz CT molecular complexity index is 863. The van der Waals surface area contributed by atoms with Crippen molar-refractivity contribution in [3.8, 4) is 11.1 Å². The van der Waals surface area contributed by atoms with Gasteiger partial charge in [0, 0.05) is 0 Å². The zero-order valence-corrected chi connectivity index (χ0v) is 15.2. The Morgan fingerprint density at radius 2 is 1.56 bits per heavy atom. The van der Waals surface area contributed by atoms with Crippen LogP contribution >= 0.6 is 0 Å². The molecule has 0 unspecified atom stereocenters. The molecule has 0 saturated heterocycles. The molecule has 0 spiro atoms. The van der Waals surface area contributed by atoms with Gasteiger partial charge in [-0.3, -0.25) is 4.90 Å². The summed E-state index contributed by atoms with van der Waals surface area (Å²) < 4.78 is 4.94. The molecule has 1 aliphatic rings. The first kappa shape index (κ1) is 18.4. The van der Waals surface area contributed by atoms with Crippen LogP contribution in [0.1, 0.15) is 24.1 Å². The van der Waals surface area contributed by atoms with Crippen LogP contribution in [0.15, 0.2) is 53.7 Å². The molecular weight excluding hydrogens is 348 g/mol. The number of amides is 1. The molecule has 0 saturated carbocycles. The fourth-order valence-corrected chi connectivity index (χ4v) is 3.59. The van der Waals surface area contributed by atoms with Crippen molar-refractivity contribution >= 4 is 17.8 Å². The van der Waals surface area contributed by atoms with Gasteiger partial charge in [-0.15, -0.1) is 0 Å². The second-order valence-electron chi connectivity index (χ2n) is 6.11. The number of benzene rings is 2. The highest BCUT2D eigenvalue weighted by Crippen LogP contribution is 2.47. The molecular formula is C20H20N2O5. The minimum atomic E-state index is -1.35. The summed E-state index contributed by atoms with van der Waals surface area (Å²) in [5, 5.41) is 13.6. The first-order valence-electron chi connectivity index (χ1n) is 8.36. The van der Waals surface area contributed by atoms with Crippen LogP contribution in [0.3, 0.4) is 0 Å². The third kappa shape index (κ3) is 3.12. The number of methoxy groups -OCH3 is 1. The molecule has 0 heterocycles. The van der Waals surface area contributed by atoms with Crippen LogP contribution < -0.4 is 0 Å². The maximum absolute atomic E-state index is 12.7. The first-order chi connectivity index (χ1) is 13.0. The van der Waals surface area contributed by atoms with Crippen LogP contribution in [0.4, 0.5) is 4.79 Å². The fourth-order valence-electron chi connectivity index (χ4n) is 3.59. The topological polar surface area (TPSA) is 88.4 Å². The third-order valence-corrected chi connectivity index (χ3v) is 4.61. The lowest BCUT2D eigenvalue weighted by atomic mass is 10.0. The van der Waals surface area contributed by atoms with Gasteiger partial charge in [0.1, 0.15) is 7.11 Å². The summed E-state index contributed by atoms with van der Waals surface area (Å²) in [5.41, 5.74) is 3.72. The zero-order valence-electron chi connectivity index (χ0n) is 15.2. The molecule has 1 aliphatic carbocycles. The number of hydrogen-bond acceptors (Lipinski definition) is 5. The van der Waals surface area contributed by atoms with Crippen LogP contribution in [0.5, 0.6) is 0 Å². The van der Waals surface area contributed by atoms with Gasteiger partial charge in [0.05, 0.1) is 18.9 Å². The van der Waals surface area contributed by atoms with Gasteiger partial charge in [0.2, 0.25) is 0 Å². The van der Waals surface area contributed by atoms with E-state index in [9.17, 15) is 14.7 Å². The molecule has 3 rings (SSSR count). The van der Waals surface area contributed by atoms with E-state index >= 15 is 0 Å². The second kappa shape index (κ2) is 7.49. The number of fused-ring (bicyclic) bond motifs is 3. The van der Waals surface area contributed by atoms with Crippen LogP contribution in [0.2, 0.25) is 0 Å². The molecule has 7 heteroatoms. The summed E-state index contributed by atoms with van der Waals surface area (Å²) in [4.78, 5) is 30.7. The van der Waals surface area contributed by atoms with E-state index in [2.05, 4.69) is 5.16 Å². The van der Waals surface area contributed by atoms with Gasteiger partial charge in [0.15, 0.2) is 6.04 Å². The zero-order chi connectivity index (χ0) is 19.6. The minimum Gasteiger partial charge on any atom is -0.479 e. The van der Waals surface area contributed by atoms with Crippen molar-refractivity contribution in [3.63, 3.8) is 0 Å². The number of carboxylic acids is 1. The van der Waals surface area contributed by atoms with Crippen LogP contribution in [-0.4, -0.2) is 48.0 Å². The predicted molar refractivity (Wildman–Crippen MR) is 99.5 cm³/mol. The number of nitrogens with zero attached hydrogens (tertiary/aromatic N) is 2. The van der Waals surface area contributed by atoms with E-state index < -0.39 is 24.1 Å². The number of carbonyl (C=O) groups excluding carboxylic acids is 1. The van der Waals surface area contributed by atoms with Crippen molar-refractivity contribution in [1.29, 1.82) is 0 Å². The van der Waals surface area contributed by atoms with Crippen molar-refractivity contribution in [2.45, 2.75) is 19.0 Å². The average molecular weight is 368 g/mol. The van der Waals surface area contributed by atoms with E-state index in [0.717, 1.165) is 22.3 Å². The van der Waals surface area contributed by atoms with Crippen molar-refractivity contribution in [3.05, 3.63) is 59.7 Å². The third-order valence-electron chi connectivity index (χ3n) is 4.61. The largest absolute Gasteiger partial charge is 0.479 e. The lowest BCUT2D eigenvalue weighted by Gasteiger charge is -2.33. The molecule has 0 aromatic heterocycles. The molecule has 27 heavy (non-hydrogen) atoms. The van der Waals surface area contributed by atoms with Gasteiger partial charge < -0.3 is 14.7 Å². The van der Waals surface area contributed by atoms with E-state index in [1.165, 1.54) is 26.0 Å². The number of hydrogen-bond donors (Lipinski definition) is 1.